The highest BCUT2D eigenvalue weighted by Gasteiger charge is 2.48. The van der Waals surface area contributed by atoms with Gasteiger partial charge in [0.05, 0.1) is 13.5 Å². The molecule has 0 saturated carbocycles. The number of ether oxygens (including phenoxy) is 1. The fourth-order valence-electron chi connectivity index (χ4n) is 4.29. The van der Waals surface area contributed by atoms with Gasteiger partial charge in [-0.15, -0.1) is 0 Å². The van der Waals surface area contributed by atoms with Crippen LogP contribution >= 0.6 is 0 Å². The van der Waals surface area contributed by atoms with Gasteiger partial charge >= 0.3 is 5.97 Å². The standard InChI is InChI=1S/C23H36O4/c1-19(12-8-5-6-9-13-20-14-10-7-11-15-20)16-22(2)18-23(3,27-26-22)17-21(24)25-4/h7,10-11,14-15,19H,5-6,8-9,12-13,16-18H2,1-4H3. The van der Waals surface area contributed by atoms with Gasteiger partial charge in [0.25, 0.3) is 0 Å². The van der Waals surface area contributed by atoms with Crippen LogP contribution in [0.3, 0.4) is 0 Å². The molecule has 0 N–H and O–H groups in total. The lowest BCUT2D eigenvalue weighted by Crippen LogP contribution is -2.32. The Labute approximate surface area is 164 Å². The number of methoxy groups -OCH3 is 1. The van der Waals surface area contributed by atoms with Gasteiger partial charge in [0, 0.05) is 6.42 Å². The third kappa shape index (κ3) is 7.63. The lowest BCUT2D eigenvalue weighted by atomic mass is 9.81. The molecule has 3 unspecified atom stereocenters. The maximum atomic E-state index is 11.6. The first kappa shape index (κ1) is 21.9. The highest BCUT2D eigenvalue weighted by Crippen LogP contribution is 2.42. The van der Waals surface area contributed by atoms with Crippen LogP contribution in [0.1, 0.15) is 77.7 Å². The van der Waals surface area contributed by atoms with E-state index in [0.29, 0.717) is 5.92 Å². The van der Waals surface area contributed by atoms with Crippen molar-refractivity contribution in [3.8, 4) is 0 Å². The number of esters is 1. The molecule has 1 aromatic carbocycles. The van der Waals surface area contributed by atoms with Gasteiger partial charge in [-0.05, 0) is 44.6 Å². The Morgan fingerprint density at radius 2 is 1.74 bits per heavy atom. The van der Waals surface area contributed by atoms with Crippen molar-refractivity contribution in [1.29, 1.82) is 0 Å². The molecule has 0 spiro atoms. The minimum absolute atomic E-state index is 0.231. The molecule has 0 amide bonds. The zero-order valence-corrected chi connectivity index (χ0v) is 17.5. The molecule has 1 fully saturated rings. The Kier molecular flexibility index (Phi) is 8.30. The Morgan fingerprint density at radius 1 is 1.07 bits per heavy atom. The first-order valence-electron chi connectivity index (χ1n) is 10.3. The molecule has 152 valence electrons. The van der Waals surface area contributed by atoms with E-state index in [2.05, 4.69) is 44.2 Å². The summed E-state index contributed by atoms with van der Waals surface area (Å²) in [6, 6.07) is 10.7. The van der Waals surface area contributed by atoms with Crippen molar-refractivity contribution in [1.82, 2.24) is 0 Å². The summed E-state index contributed by atoms with van der Waals surface area (Å²) in [5, 5.41) is 0. The predicted molar refractivity (Wildman–Crippen MR) is 107 cm³/mol. The molecular formula is C23H36O4. The van der Waals surface area contributed by atoms with Gasteiger partial charge in [-0.1, -0.05) is 62.9 Å². The molecule has 0 aromatic heterocycles. The monoisotopic (exact) mass is 376 g/mol. The molecule has 1 heterocycles. The van der Waals surface area contributed by atoms with Gasteiger partial charge in [0.1, 0.15) is 11.2 Å². The van der Waals surface area contributed by atoms with E-state index in [-0.39, 0.29) is 18.0 Å². The number of carbonyl (C=O) groups is 1. The fraction of sp³-hybridized carbons (Fsp3) is 0.696. The van der Waals surface area contributed by atoms with E-state index in [9.17, 15) is 4.79 Å². The third-order valence-electron chi connectivity index (χ3n) is 5.47. The quantitative estimate of drug-likeness (QED) is 0.285. The molecule has 0 aliphatic carbocycles. The van der Waals surface area contributed by atoms with E-state index < -0.39 is 5.60 Å². The number of hydrogen-bond donors (Lipinski definition) is 0. The lowest BCUT2D eigenvalue weighted by Gasteiger charge is -2.25. The summed E-state index contributed by atoms with van der Waals surface area (Å²) >= 11 is 0. The lowest BCUT2D eigenvalue weighted by molar-refractivity contribution is -0.346. The van der Waals surface area contributed by atoms with Gasteiger partial charge in [-0.2, -0.15) is 0 Å². The molecule has 1 saturated heterocycles. The van der Waals surface area contributed by atoms with Crippen molar-refractivity contribution < 1.29 is 19.3 Å². The van der Waals surface area contributed by atoms with Crippen molar-refractivity contribution in [2.75, 3.05) is 7.11 Å². The summed E-state index contributed by atoms with van der Waals surface area (Å²) in [6.07, 6.45) is 9.38. The van der Waals surface area contributed by atoms with Gasteiger partial charge < -0.3 is 4.74 Å². The largest absolute Gasteiger partial charge is 0.469 e. The third-order valence-corrected chi connectivity index (χ3v) is 5.47. The molecule has 0 bridgehead atoms. The zero-order chi connectivity index (χ0) is 19.8. The molecule has 0 radical (unpaired) electrons. The second-order valence-corrected chi connectivity index (χ2v) is 8.74. The SMILES string of the molecule is COC(=O)CC1(C)CC(C)(CC(C)CCCCCCc2ccccc2)OO1. The number of aryl methyl sites for hydroxylation is 1. The van der Waals surface area contributed by atoms with Gasteiger partial charge in [0.2, 0.25) is 0 Å². The number of unbranched alkanes of at least 4 members (excludes halogenated alkanes) is 3. The van der Waals surface area contributed by atoms with Gasteiger partial charge in [0.15, 0.2) is 0 Å². The summed E-state index contributed by atoms with van der Waals surface area (Å²) < 4.78 is 4.77. The van der Waals surface area contributed by atoms with E-state index in [1.54, 1.807) is 0 Å². The predicted octanol–water partition coefficient (Wildman–Crippen LogP) is 5.64. The molecule has 1 aliphatic heterocycles. The summed E-state index contributed by atoms with van der Waals surface area (Å²) in [7, 11) is 1.41. The van der Waals surface area contributed by atoms with Crippen molar-refractivity contribution >= 4 is 5.97 Å². The molecule has 3 atom stereocenters. The fourth-order valence-corrected chi connectivity index (χ4v) is 4.29. The number of carbonyl (C=O) groups excluding carboxylic acids is 1. The van der Waals surface area contributed by atoms with Crippen molar-refractivity contribution in [2.24, 2.45) is 5.92 Å². The topological polar surface area (TPSA) is 44.8 Å². The zero-order valence-electron chi connectivity index (χ0n) is 17.5. The van der Waals surface area contributed by atoms with E-state index in [1.807, 2.05) is 6.92 Å². The Morgan fingerprint density at radius 3 is 2.44 bits per heavy atom. The Hall–Kier alpha value is -1.39. The maximum absolute atomic E-state index is 11.6. The van der Waals surface area contributed by atoms with Crippen LogP contribution in [0.4, 0.5) is 0 Å². The van der Waals surface area contributed by atoms with Crippen LogP contribution in [-0.2, 0) is 25.7 Å². The number of benzene rings is 1. The van der Waals surface area contributed by atoms with Crippen LogP contribution in [0, 0.1) is 5.92 Å². The molecule has 4 heteroatoms. The second-order valence-electron chi connectivity index (χ2n) is 8.74. The van der Waals surface area contributed by atoms with Crippen LogP contribution in [0.2, 0.25) is 0 Å². The van der Waals surface area contributed by atoms with Crippen LogP contribution < -0.4 is 0 Å². The highest BCUT2D eigenvalue weighted by atomic mass is 17.2. The smallest absolute Gasteiger partial charge is 0.308 e. The summed E-state index contributed by atoms with van der Waals surface area (Å²) in [4.78, 5) is 22.8. The average molecular weight is 377 g/mol. The first-order chi connectivity index (χ1) is 12.8. The van der Waals surface area contributed by atoms with Crippen molar-refractivity contribution in [3.63, 3.8) is 0 Å². The van der Waals surface area contributed by atoms with Gasteiger partial charge in [-0.25, -0.2) is 9.78 Å². The van der Waals surface area contributed by atoms with Crippen LogP contribution in [0.5, 0.6) is 0 Å². The molecule has 2 rings (SSSR count). The van der Waals surface area contributed by atoms with E-state index in [0.717, 1.165) is 12.8 Å². The Balaban J connectivity index is 1.61. The minimum atomic E-state index is -0.584. The number of rotatable bonds is 11. The highest BCUT2D eigenvalue weighted by molar-refractivity contribution is 5.70. The normalized spacial score (nSPS) is 26.1. The first-order valence-corrected chi connectivity index (χ1v) is 10.3. The molecule has 27 heavy (non-hydrogen) atoms. The maximum Gasteiger partial charge on any atom is 0.308 e. The summed E-state index contributed by atoms with van der Waals surface area (Å²) in [5.74, 6) is 0.321. The molecule has 4 nitrogen and oxygen atoms in total. The van der Waals surface area contributed by atoms with Crippen LogP contribution in [-0.4, -0.2) is 24.3 Å². The molecule has 1 aromatic rings. The summed E-state index contributed by atoms with van der Waals surface area (Å²) in [5.41, 5.74) is 0.529. The van der Waals surface area contributed by atoms with Gasteiger partial charge in [-0.3, -0.25) is 4.79 Å². The minimum Gasteiger partial charge on any atom is -0.469 e. The van der Waals surface area contributed by atoms with Crippen molar-refractivity contribution in [2.45, 2.75) is 89.8 Å². The number of hydrogen-bond acceptors (Lipinski definition) is 4. The molecule has 1 aliphatic rings. The Bertz CT molecular complexity index is 573. The average Bonchev–Trinajstić information content (AvgIpc) is 2.93. The molecular weight excluding hydrogens is 340 g/mol. The summed E-state index contributed by atoms with van der Waals surface area (Å²) in [6.45, 7) is 6.30. The second kappa shape index (κ2) is 10.2. The van der Waals surface area contributed by atoms with Crippen LogP contribution in [0.25, 0.3) is 0 Å². The van der Waals surface area contributed by atoms with Crippen LogP contribution in [0.15, 0.2) is 30.3 Å². The van der Waals surface area contributed by atoms with Crippen molar-refractivity contribution in [3.05, 3.63) is 35.9 Å². The van der Waals surface area contributed by atoms with E-state index >= 15 is 0 Å². The van der Waals surface area contributed by atoms with E-state index in [4.69, 9.17) is 14.5 Å². The van der Waals surface area contributed by atoms with E-state index in [1.165, 1.54) is 51.2 Å².